The first-order chi connectivity index (χ1) is 8.15. The standard InChI is InChI=1S/C12H16N2O3/c1-2-3-4-9-13-12(15)10-5-7-11(8-6-10)14(16)17/h5-8H,2-4,9H2,1H3,(H,13,15). The van der Waals surface area contributed by atoms with Crippen molar-refractivity contribution in [3.8, 4) is 0 Å². The van der Waals surface area contributed by atoms with Crippen LogP contribution in [0.3, 0.4) is 0 Å². The van der Waals surface area contributed by atoms with Crippen LogP contribution in [0.25, 0.3) is 0 Å². The normalized spacial score (nSPS) is 9.94. The predicted molar refractivity (Wildman–Crippen MR) is 65.0 cm³/mol. The van der Waals surface area contributed by atoms with E-state index in [0.717, 1.165) is 19.3 Å². The highest BCUT2D eigenvalue weighted by Crippen LogP contribution is 2.11. The summed E-state index contributed by atoms with van der Waals surface area (Å²) < 4.78 is 0. The Kier molecular flexibility index (Phi) is 5.13. The van der Waals surface area contributed by atoms with E-state index in [4.69, 9.17) is 0 Å². The van der Waals surface area contributed by atoms with Gasteiger partial charge in [-0.15, -0.1) is 0 Å². The number of nitrogens with one attached hydrogen (secondary N) is 1. The third-order valence-corrected chi connectivity index (χ3v) is 2.41. The van der Waals surface area contributed by atoms with Gasteiger partial charge in [-0.2, -0.15) is 0 Å². The van der Waals surface area contributed by atoms with E-state index in [1.54, 1.807) is 0 Å². The van der Waals surface area contributed by atoms with Crippen LogP contribution >= 0.6 is 0 Å². The Labute approximate surface area is 100.0 Å². The van der Waals surface area contributed by atoms with Crippen molar-refractivity contribution in [2.75, 3.05) is 6.54 Å². The number of unbranched alkanes of at least 4 members (excludes halogenated alkanes) is 2. The highest BCUT2D eigenvalue weighted by Gasteiger charge is 2.08. The minimum atomic E-state index is -0.483. The van der Waals surface area contributed by atoms with Gasteiger partial charge in [0.2, 0.25) is 0 Å². The molecule has 1 aromatic rings. The van der Waals surface area contributed by atoms with Crippen molar-refractivity contribution in [2.24, 2.45) is 0 Å². The maximum Gasteiger partial charge on any atom is 0.269 e. The fraction of sp³-hybridized carbons (Fsp3) is 0.417. The van der Waals surface area contributed by atoms with E-state index in [1.807, 2.05) is 0 Å². The van der Waals surface area contributed by atoms with Crippen LogP contribution in [0.1, 0.15) is 36.5 Å². The quantitative estimate of drug-likeness (QED) is 0.468. The van der Waals surface area contributed by atoms with Crippen molar-refractivity contribution in [1.29, 1.82) is 0 Å². The lowest BCUT2D eigenvalue weighted by molar-refractivity contribution is -0.384. The Morgan fingerprint density at radius 3 is 2.47 bits per heavy atom. The zero-order valence-corrected chi connectivity index (χ0v) is 9.81. The van der Waals surface area contributed by atoms with Gasteiger partial charge in [-0.3, -0.25) is 14.9 Å². The largest absolute Gasteiger partial charge is 0.352 e. The van der Waals surface area contributed by atoms with E-state index in [0.29, 0.717) is 12.1 Å². The first-order valence-corrected chi connectivity index (χ1v) is 5.67. The lowest BCUT2D eigenvalue weighted by Crippen LogP contribution is -2.24. The smallest absolute Gasteiger partial charge is 0.269 e. The number of amides is 1. The molecule has 1 aromatic carbocycles. The number of nitro benzene ring substituents is 1. The van der Waals surface area contributed by atoms with E-state index in [2.05, 4.69) is 12.2 Å². The molecule has 0 spiro atoms. The molecule has 0 aliphatic heterocycles. The molecule has 1 N–H and O–H groups in total. The van der Waals surface area contributed by atoms with Crippen LogP contribution in [0.4, 0.5) is 5.69 Å². The van der Waals surface area contributed by atoms with Gasteiger partial charge in [0.15, 0.2) is 0 Å². The zero-order valence-electron chi connectivity index (χ0n) is 9.81. The number of carbonyl (C=O) groups excluding carboxylic acids is 1. The SMILES string of the molecule is CCCCCNC(=O)c1ccc([N+](=O)[O-])cc1. The van der Waals surface area contributed by atoms with Gasteiger partial charge in [0, 0.05) is 24.2 Å². The molecule has 0 aliphatic carbocycles. The van der Waals surface area contributed by atoms with Crippen LogP contribution in [0.5, 0.6) is 0 Å². The summed E-state index contributed by atoms with van der Waals surface area (Å²) in [5.41, 5.74) is 0.444. The molecule has 0 heterocycles. The Bertz CT molecular complexity index is 387. The van der Waals surface area contributed by atoms with Gasteiger partial charge in [-0.25, -0.2) is 0 Å². The molecule has 1 rings (SSSR count). The van der Waals surface area contributed by atoms with Crippen LogP contribution in [-0.2, 0) is 0 Å². The molecule has 17 heavy (non-hydrogen) atoms. The summed E-state index contributed by atoms with van der Waals surface area (Å²) in [6.45, 7) is 2.74. The van der Waals surface area contributed by atoms with Crippen LogP contribution in [0.15, 0.2) is 24.3 Å². The number of carbonyl (C=O) groups is 1. The zero-order chi connectivity index (χ0) is 12.7. The summed E-state index contributed by atoms with van der Waals surface area (Å²) in [6, 6.07) is 5.60. The van der Waals surface area contributed by atoms with Crippen LogP contribution in [0, 0.1) is 10.1 Å². The lowest BCUT2D eigenvalue weighted by atomic mass is 10.2. The van der Waals surface area contributed by atoms with Crippen LogP contribution < -0.4 is 5.32 Å². The van der Waals surface area contributed by atoms with Gasteiger partial charge >= 0.3 is 0 Å². The Balaban J connectivity index is 2.49. The van der Waals surface area contributed by atoms with Crippen molar-refractivity contribution >= 4 is 11.6 Å². The molecular formula is C12H16N2O3. The fourth-order valence-corrected chi connectivity index (χ4v) is 1.41. The summed E-state index contributed by atoms with van der Waals surface area (Å²) in [5.74, 6) is -0.184. The molecule has 0 unspecified atom stereocenters. The van der Waals surface area contributed by atoms with Gasteiger partial charge in [-0.05, 0) is 18.6 Å². The van der Waals surface area contributed by atoms with Crippen molar-refractivity contribution in [3.05, 3.63) is 39.9 Å². The van der Waals surface area contributed by atoms with Crippen LogP contribution in [-0.4, -0.2) is 17.4 Å². The topological polar surface area (TPSA) is 72.2 Å². The highest BCUT2D eigenvalue weighted by atomic mass is 16.6. The third-order valence-electron chi connectivity index (χ3n) is 2.41. The third kappa shape index (κ3) is 4.22. The van der Waals surface area contributed by atoms with E-state index >= 15 is 0 Å². The summed E-state index contributed by atoms with van der Waals surface area (Å²) >= 11 is 0. The number of hydrogen-bond donors (Lipinski definition) is 1. The molecule has 0 atom stereocenters. The van der Waals surface area contributed by atoms with Crippen LogP contribution in [0.2, 0.25) is 0 Å². The van der Waals surface area contributed by atoms with Gasteiger partial charge in [0.1, 0.15) is 0 Å². The second-order valence-electron chi connectivity index (χ2n) is 3.77. The van der Waals surface area contributed by atoms with E-state index < -0.39 is 4.92 Å². The molecule has 0 bridgehead atoms. The summed E-state index contributed by atoms with van der Waals surface area (Å²) in [6.07, 6.45) is 3.14. The first kappa shape index (κ1) is 13.2. The lowest BCUT2D eigenvalue weighted by Gasteiger charge is -2.04. The molecule has 5 nitrogen and oxygen atoms in total. The average Bonchev–Trinajstić information content (AvgIpc) is 2.34. The Hall–Kier alpha value is -1.91. The van der Waals surface area contributed by atoms with Crippen molar-refractivity contribution < 1.29 is 9.72 Å². The molecule has 1 amide bonds. The molecule has 0 aromatic heterocycles. The molecule has 0 radical (unpaired) electrons. The van der Waals surface area contributed by atoms with Crippen molar-refractivity contribution in [1.82, 2.24) is 5.32 Å². The highest BCUT2D eigenvalue weighted by molar-refractivity contribution is 5.94. The number of non-ortho nitro benzene ring substituents is 1. The van der Waals surface area contributed by atoms with E-state index in [-0.39, 0.29) is 11.6 Å². The van der Waals surface area contributed by atoms with Gasteiger partial charge in [0.05, 0.1) is 4.92 Å². The second-order valence-corrected chi connectivity index (χ2v) is 3.77. The maximum absolute atomic E-state index is 11.6. The molecule has 0 saturated carbocycles. The first-order valence-electron chi connectivity index (χ1n) is 5.67. The number of benzene rings is 1. The van der Waals surface area contributed by atoms with E-state index in [1.165, 1.54) is 24.3 Å². The summed E-state index contributed by atoms with van der Waals surface area (Å²) in [5, 5.41) is 13.2. The minimum absolute atomic E-state index is 0.00691. The molecular weight excluding hydrogens is 220 g/mol. The minimum Gasteiger partial charge on any atom is -0.352 e. The van der Waals surface area contributed by atoms with Crippen molar-refractivity contribution in [3.63, 3.8) is 0 Å². The number of nitro groups is 1. The van der Waals surface area contributed by atoms with Gasteiger partial charge in [0.25, 0.3) is 11.6 Å². The maximum atomic E-state index is 11.6. The Morgan fingerprint density at radius 2 is 1.94 bits per heavy atom. The molecule has 92 valence electrons. The van der Waals surface area contributed by atoms with E-state index in [9.17, 15) is 14.9 Å². The molecule has 5 heteroatoms. The van der Waals surface area contributed by atoms with Gasteiger partial charge in [-0.1, -0.05) is 19.8 Å². The number of nitrogens with zero attached hydrogens (tertiary/aromatic N) is 1. The van der Waals surface area contributed by atoms with Crippen molar-refractivity contribution in [2.45, 2.75) is 26.2 Å². The molecule has 0 fully saturated rings. The predicted octanol–water partition coefficient (Wildman–Crippen LogP) is 2.51. The molecule has 0 saturated heterocycles. The number of rotatable bonds is 6. The average molecular weight is 236 g/mol. The van der Waals surface area contributed by atoms with Gasteiger partial charge < -0.3 is 5.32 Å². The molecule has 0 aliphatic rings. The Morgan fingerprint density at radius 1 is 1.29 bits per heavy atom. The summed E-state index contributed by atoms with van der Waals surface area (Å²) in [4.78, 5) is 21.6. The second kappa shape index (κ2) is 6.62. The summed E-state index contributed by atoms with van der Waals surface area (Å²) in [7, 11) is 0. The monoisotopic (exact) mass is 236 g/mol. The number of hydrogen-bond acceptors (Lipinski definition) is 3. The fourth-order valence-electron chi connectivity index (χ4n) is 1.41.